The van der Waals surface area contributed by atoms with E-state index in [1.807, 2.05) is 0 Å². The Morgan fingerprint density at radius 3 is 1.41 bits per heavy atom. The van der Waals surface area contributed by atoms with Crippen LogP contribution in [0.25, 0.3) is 4.65 Å². The SMILES string of the molecule is CC(C)(C)CN1c2ccccc2N(CC(C)(C)C)[Si]1([N-][Si](C)(C)c1ccccc1)[Si](C)(C)C.[Li+]. The fourth-order valence-electron chi connectivity index (χ4n) is 5.14. The Balaban J connectivity index is 0.00000408. The summed E-state index contributed by atoms with van der Waals surface area (Å²) >= 11 is 0. The van der Waals surface area contributed by atoms with E-state index in [2.05, 4.69) is 138 Å². The third-order valence-electron chi connectivity index (χ3n) is 6.40. The number of hydrogen-bond donors (Lipinski definition) is 0. The number of fused-ring (bicyclic) bond motifs is 1. The molecule has 182 valence electrons. The molecule has 3 nitrogen and oxygen atoms in total. The third-order valence-corrected chi connectivity index (χ3v) is 24.6. The Hall–Kier alpha value is -0.752. The van der Waals surface area contributed by atoms with Crippen LogP contribution in [-0.4, -0.2) is 37.0 Å². The van der Waals surface area contributed by atoms with E-state index in [4.69, 9.17) is 4.65 Å². The first-order chi connectivity index (χ1) is 15.0. The number of rotatable bonds is 6. The molecule has 0 atom stereocenters. The summed E-state index contributed by atoms with van der Waals surface area (Å²) in [7, 11) is -6.29. The van der Waals surface area contributed by atoms with Crippen molar-refractivity contribution in [3.05, 3.63) is 59.2 Å². The molecule has 0 aromatic heterocycles. The van der Waals surface area contributed by atoms with Crippen molar-refractivity contribution in [2.24, 2.45) is 10.8 Å². The molecule has 0 aliphatic carbocycles. The molecule has 1 aliphatic rings. The van der Waals surface area contributed by atoms with Gasteiger partial charge in [0.25, 0.3) is 0 Å². The van der Waals surface area contributed by atoms with Gasteiger partial charge in [-0.15, -0.1) is 0 Å². The molecule has 0 saturated carbocycles. The fraction of sp³-hybridized carbons (Fsp3) is 0.556. The normalized spacial score (nSPS) is 16.3. The van der Waals surface area contributed by atoms with Crippen LogP contribution in [0.3, 0.4) is 0 Å². The molecule has 0 saturated heterocycles. The van der Waals surface area contributed by atoms with Crippen LogP contribution in [0.5, 0.6) is 0 Å². The Kier molecular flexibility index (Phi) is 8.63. The Labute approximate surface area is 225 Å². The number of benzene rings is 2. The molecule has 34 heavy (non-hydrogen) atoms. The quantitative estimate of drug-likeness (QED) is 0.550. The summed E-state index contributed by atoms with van der Waals surface area (Å²) in [6.45, 7) is 29.0. The molecule has 0 unspecified atom stereocenters. The van der Waals surface area contributed by atoms with E-state index in [0.29, 0.717) is 0 Å². The van der Waals surface area contributed by atoms with Crippen molar-refractivity contribution < 1.29 is 18.9 Å². The maximum absolute atomic E-state index is 6.22. The van der Waals surface area contributed by atoms with Gasteiger partial charge in [0, 0.05) is 13.1 Å². The second-order valence-corrected chi connectivity index (χ2v) is 31.7. The summed E-state index contributed by atoms with van der Waals surface area (Å²) in [5.74, 6) is 0. The summed E-state index contributed by atoms with van der Waals surface area (Å²) in [5, 5.41) is 1.44. The van der Waals surface area contributed by atoms with Crippen molar-refractivity contribution in [3.8, 4) is 0 Å². The summed E-state index contributed by atoms with van der Waals surface area (Å²) in [6.07, 6.45) is 0. The van der Waals surface area contributed by atoms with Crippen LogP contribution >= 0.6 is 0 Å². The van der Waals surface area contributed by atoms with Gasteiger partial charge < -0.3 is 13.8 Å². The molecule has 1 heterocycles. The molecule has 3 rings (SSSR count). The van der Waals surface area contributed by atoms with Crippen LogP contribution in [0.4, 0.5) is 11.4 Å². The summed E-state index contributed by atoms with van der Waals surface area (Å²) in [5.41, 5.74) is 3.20. The summed E-state index contributed by atoms with van der Waals surface area (Å²) < 4.78 is 11.9. The van der Waals surface area contributed by atoms with Gasteiger partial charge in [-0.1, -0.05) is 122 Å². The molecule has 1 aliphatic heterocycles. The van der Waals surface area contributed by atoms with Gasteiger partial charge >= 0.3 is 18.9 Å². The number of nitrogens with zero attached hydrogens (tertiary/aromatic N) is 3. The van der Waals surface area contributed by atoms with Crippen LogP contribution in [0.1, 0.15) is 41.5 Å². The van der Waals surface area contributed by atoms with Gasteiger partial charge in [-0.25, -0.2) is 0 Å². The molecule has 2 aromatic rings. The fourth-order valence-corrected chi connectivity index (χ4v) is 28.0. The molecular weight excluding hydrogens is 458 g/mol. The molecule has 0 amide bonds. The van der Waals surface area contributed by atoms with Gasteiger partial charge in [-0.3, -0.25) is 0 Å². The van der Waals surface area contributed by atoms with E-state index in [-0.39, 0.29) is 29.7 Å². The third kappa shape index (κ3) is 5.96. The second kappa shape index (κ2) is 9.95. The Morgan fingerprint density at radius 2 is 1.06 bits per heavy atom. The zero-order chi connectivity index (χ0) is 24.9. The minimum absolute atomic E-state index is 0. The number of hydrogen-bond acceptors (Lipinski definition) is 2. The van der Waals surface area contributed by atoms with Gasteiger partial charge in [0.15, 0.2) is 0 Å². The first kappa shape index (κ1) is 29.5. The summed E-state index contributed by atoms with van der Waals surface area (Å²) in [6, 6.07) is 20.3. The van der Waals surface area contributed by atoms with E-state index >= 15 is 0 Å². The van der Waals surface area contributed by atoms with E-state index in [0.717, 1.165) is 13.1 Å². The van der Waals surface area contributed by atoms with Crippen molar-refractivity contribution in [1.29, 1.82) is 0 Å². The average Bonchev–Trinajstić information content (AvgIpc) is 2.90. The number of para-hydroxylation sites is 2. The largest absolute Gasteiger partial charge is 1.00 e. The predicted octanol–water partition coefficient (Wildman–Crippen LogP) is 4.25. The predicted molar refractivity (Wildman–Crippen MR) is 156 cm³/mol. The van der Waals surface area contributed by atoms with E-state index in [1.165, 1.54) is 16.6 Å². The first-order valence-corrected chi connectivity index (χ1v) is 21.7. The molecule has 0 bridgehead atoms. The minimum atomic E-state index is -2.44. The van der Waals surface area contributed by atoms with Crippen LogP contribution in [0.2, 0.25) is 32.7 Å². The minimum Gasteiger partial charge on any atom is -0.630 e. The van der Waals surface area contributed by atoms with Gasteiger partial charge in [0.2, 0.25) is 0 Å². The van der Waals surface area contributed by atoms with Crippen molar-refractivity contribution in [1.82, 2.24) is 0 Å². The van der Waals surface area contributed by atoms with Crippen LogP contribution in [0.15, 0.2) is 54.6 Å². The van der Waals surface area contributed by atoms with Gasteiger partial charge in [0.1, 0.15) is 8.08 Å². The van der Waals surface area contributed by atoms with Crippen molar-refractivity contribution in [2.75, 3.05) is 22.2 Å². The topological polar surface area (TPSA) is 20.6 Å². The van der Waals surface area contributed by atoms with Crippen molar-refractivity contribution in [3.63, 3.8) is 0 Å². The Bertz CT molecular complexity index is 917. The Morgan fingerprint density at radius 1 is 0.676 bits per heavy atom. The van der Waals surface area contributed by atoms with Crippen molar-refractivity contribution >= 4 is 40.5 Å². The van der Waals surface area contributed by atoms with Gasteiger partial charge in [-0.05, 0) is 31.2 Å². The first-order valence-electron chi connectivity index (χ1n) is 12.4. The molecule has 2 aromatic carbocycles. The van der Waals surface area contributed by atoms with Crippen LogP contribution in [0, 0.1) is 10.8 Å². The van der Waals surface area contributed by atoms with Gasteiger partial charge in [0.05, 0.1) is 19.0 Å². The van der Waals surface area contributed by atoms with E-state index < -0.39 is 23.9 Å². The molecule has 0 radical (unpaired) electrons. The molecule has 0 fully saturated rings. The van der Waals surface area contributed by atoms with Crippen LogP contribution < -0.4 is 33.2 Å². The van der Waals surface area contributed by atoms with E-state index in [9.17, 15) is 0 Å². The summed E-state index contributed by atoms with van der Waals surface area (Å²) in [4.78, 5) is 0. The molecule has 7 heteroatoms. The van der Waals surface area contributed by atoms with Gasteiger partial charge in [-0.2, -0.15) is 0 Å². The van der Waals surface area contributed by atoms with E-state index in [1.54, 1.807) is 0 Å². The average molecular weight is 504 g/mol. The monoisotopic (exact) mass is 503 g/mol. The number of anilines is 2. The maximum atomic E-state index is 6.22. The molecular formula is C27H46LiN3Si3. The standard InChI is InChI=1S/C27H46N3Si3.Li/c1-26(2,3)21-29-24-19-15-16-20-25(24)30(22-27(4,5)6)33(29,31(7,8)9)28-32(10,11)23-17-13-12-14-18-23;/h12-20H,21-22H2,1-11H3;/q-1;+1. The maximum Gasteiger partial charge on any atom is 1.00 e. The second-order valence-electron chi connectivity index (χ2n) is 13.7. The molecule has 0 N–H and O–H groups in total. The van der Waals surface area contributed by atoms with Crippen molar-refractivity contribution in [2.45, 2.75) is 74.3 Å². The zero-order valence-corrected chi connectivity index (χ0v) is 27.0. The van der Waals surface area contributed by atoms with Crippen LogP contribution in [-0.2, 0) is 0 Å². The zero-order valence-electron chi connectivity index (χ0n) is 24.0. The smallest absolute Gasteiger partial charge is 0.630 e. The molecule has 0 spiro atoms.